The molecule has 7 heteroatoms. The van der Waals surface area contributed by atoms with Crippen LogP contribution in [-0.4, -0.2) is 36.5 Å². The molecule has 0 atom stereocenters. The summed E-state index contributed by atoms with van der Waals surface area (Å²) in [5.74, 6) is -0.575. The Morgan fingerprint density at radius 1 is 1.29 bits per heavy atom. The summed E-state index contributed by atoms with van der Waals surface area (Å²) in [5, 5.41) is 10.7. The molecule has 128 valence electrons. The first-order chi connectivity index (χ1) is 11.5. The summed E-state index contributed by atoms with van der Waals surface area (Å²) in [6, 6.07) is 3.07. The van der Waals surface area contributed by atoms with E-state index in [9.17, 15) is 14.7 Å². The number of methoxy groups -OCH3 is 2. The highest BCUT2D eigenvalue weighted by atomic mass is 16.5. The maximum absolute atomic E-state index is 12.6. The van der Waals surface area contributed by atoms with Crippen molar-refractivity contribution in [3.63, 3.8) is 0 Å². The van der Waals surface area contributed by atoms with Crippen molar-refractivity contribution in [2.75, 3.05) is 20.8 Å². The second-order valence-corrected chi connectivity index (χ2v) is 4.87. The second-order valence-electron chi connectivity index (χ2n) is 4.87. The van der Waals surface area contributed by atoms with Crippen LogP contribution in [0.3, 0.4) is 0 Å². The number of pyridine rings is 1. The summed E-state index contributed by atoms with van der Waals surface area (Å²) in [4.78, 5) is 24.7. The van der Waals surface area contributed by atoms with Crippen LogP contribution in [0.25, 0.3) is 10.9 Å². The number of aromatic nitrogens is 1. The van der Waals surface area contributed by atoms with Gasteiger partial charge in [0.2, 0.25) is 0 Å². The Bertz CT molecular complexity index is 853. The van der Waals surface area contributed by atoms with E-state index >= 15 is 0 Å². The molecule has 0 radical (unpaired) electrons. The van der Waals surface area contributed by atoms with Crippen LogP contribution >= 0.6 is 0 Å². The Morgan fingerprint density at radius 2 is 1.92 bits per heavy atom. The van der Waals surface area contributed by atoms with E-state index in [1.807, 2.05) is 0 Å². The highest BCUT2D eigenvalue weighted by Gasteiger charge is 2.24. The average molecular weight is 333 g/mol. The molecule has 0 amide bonds. The minimum Gasteiger partial charge on any atom is -0.506 e. The molecule has 1 heterocycles. The van der Waals surface area contributed by atoms with Crippen LogP contribution in [0.15, 0.2) is 29.6 Å². The molecular weight excluding hydrogens is 314 g/mol. The van der Waals surface area contributed by atoms with E-state index in [0.29, 0.717) is 17.0 Å². The molecule has 0 spiro atoms. The average Bonchev–Trinajstić information content (AvgIpc) is 2.57. The molecule has 0 fully saturated rings. The lowest BCUT2D eigenvalue weighted by Crippen LogP contribution is -2.27. The number of fused-ring (bicyclic) bond motifs is 1. The molecule has 1 aromatic carbocycles. The number of benzene rings is 1. The number of esters is 1. The number of rotatable bonds is 6. The van der Waals surface area contributed by atoms with Crippen LogP contribution in [0.4, 0.5) is 0 Å². The second kappa shape index (κ2) is 7.08. The number of hydrogen-bond acceptors (Lipinski definition) is 6. The fourth-order valence-electron chi connectivity index (χ4n) is 2.46. The molecule has 0 aliphatic heterocycles. The van der Waals surface area contributed by atoms with E-state index in [0.717, 1.165) is 0 Å². The van der Waals surface area contributed by atoms with Gasteiger partial charge in [0.1, 0.15) is 5.75 Å². The number of aromatic hydroxyl groups is 1. The predicted molar refractivity (Wildman–Crippen MR) is 89.1 cm³/mol. The summed E-state index contributed by atoms with van der Waals surface area (Å²) in [7, 11) is 2.92. The van der Waals surface area contributed by atoms with E-state index in [4.69, 9.17) is 14.2 Å². The standard InChI is InChI=1S/C17H19NO6/c1-5-7-18-11-9-13(23-4)12(22-3)8-10(11)15(19)14(16(18)20)17(21)24-6-2/h5,8-9,19H,1,6-7H2,2-4H3. The van der Waals surface area contributed by atoms with Gasteiger partial charge in [-0.15, -0.1) is 6.58 Å². The molecule has 7 nitrogen and oxygen atoms in total. The molecule has 1 N–H and O–H groups in total. The first kappa shape index (κ1) is 17.4. The van der Waals surface area contributed by atoms with Gasteiger partial charge in [-0.2, -0.15) is 0 Å². The topological polar surface area (TPSA) is 87.0 Å². The number of nitrogens with zero attached hydrogens (tertiary/aromatic N) is 1. The van der Waals surface area contributed by atoms with Crippen molar-refractivity contribution in [1.82, 2.24) is 4.57 Å². The molecule has 1 aromatic heterocycles. The van der Waals surface area contributed by atoms with Crippen LogP contribution in [0.5, 0.6) is 17.2 Å². The van der Waals surface area contributed by atoms with Gasteiger partial charge in [0.25, 0.3) is 5.56 Å². The van der Waals surface area contributed by atoms with E-state index in [1.165, 1.54) is 30.9 Å². The van der Waals surface area contributed by atoms with E-state index in [1.54, 1.807) is 13.0 Å². The molecule has 0 unspecified atom stereocenters. The van der Waals surface area contributed by atoms with Gasteiger partial charge in [0.15, 0.2) is 17.1 Å². The van der Waals surface area contributed by atoms with Crippen molar-refractivity contribution in [3.8, 4) is 17.2 Å². The third-order valence-electron chi connectivity index (χ3n) is 3.53. The van der Waals surface area contributed by atoms with Gasteiger partial charge in [-0.25, -0.2) is 4.79 Å². The number of carbonyl (C=O) groups is 1. The minimum absolute atomic E-state index is 0.0865. The number of carbonyl (C=O) groups excluding carboxylic acids is 1. The van der Waals surface area contributed by atoms with Crippen molar-refractivity contribution in [2.45, 2.75) is 13.5 Å². The van der Waals surface area contributed by atoms with Gasteiger partial charge < -0.3 is 23.9 Å². The van der Waals surface area contributed by atoms with Crippen molar-refractivity contribution >= 4 is 16.9 Å². The summed E-state index contributed by atoms with van der Waals surface area (Å²) >= 11 is 0. The molecule has 0 bridgehead atoms. The van der Waals surface area contributed by atoms with Crippen molar-refractivity contribution in [1.29, 1.82) is 0 Å². The van der Waals surface area contributed by atoms with Crippen molar-refractivity contribution in [2.24, 2.45) is 0 Å². The quantitative estimate of drug-likeness (QED) is 0.643. The van der Waals surface area contributed by atoms with Crippen LogP contribution in [-0.2, 0) is 11.3 Å². The van der Waals surface area contributed by atoms with Crippen LogP contribution in [0.2, 0.25) is 0 Å². The Labute approximate surface area is 138 Å². The van der Waals surface area contributed by atoms with Gasteiger partial charge in [-0.3, -0.25) is 4.79 Å². The molecular formula is C17H19NO6. The van der Waals surface area contributed by atoms with E-state index in [-0.39, 0.29) is 18.5 Å². The molecule has 2 aromatic rings. The van der Waals surface area contributed by atoms with Crippen LogP contribution < -0.4 is 15.0 Å². The smallest absolute Gasteiger partial charge is 0.347 e. The zero-order valence-corrected chi connectivity index (χ0v) is 13.8. The highest BCUT2D eigenvalue weighted by molar-refractivity contribution is 6.00. The zero-order chi connectivity index (χ0) is 17.9. The number of hydrogen-bond donors (Lipinski definition) is 1. The molecule has 2 rings (SSSR count). The van der Waals surface area contributed by atoms with Gasteiger partial charge in [0, 0.05) is 18.0 Å². The molecule has 24 heavy (non-hydrogen) atoms. The van der Waals surface area contributed by atoms with Crippen LogP contribution in [0, 0.1) is 0 Å². The van der Waals surface area contributed by atoms with Gasteiger partial charge in [0.05, 0.1) is 26.3 Å². The maximum Gasteiger partial charge on any atom is 0.347 e. The maximum atomic E-state index is 12.6. The Morgan fingerprint density at radius 3 is 2.46 bits per heavy atom. The SMILES string of the molecule is C=CCn1c(=O)c(C(=O)OCC)c(O)c2cc(OC)c(OC)cc21. The lowest BCUT2D eigenvalue weighted by Gasteiger charge is -2.16. The fourth-order valence-corrected chi connectivity index (χ4v) is 2.46. The van der Waals surface area contributed by atoms with Crippen LogP contribution in [0.1, 0.15) is 17.3 Å². The number of ether oxygens (including phenoxy) is 3. The largest absolute Gasteiger partial charge is 0.506 e. The zero-order valence-electron chi connectivity index (χ0n) is 13.8. The van der Waals surface area contributed by atoms with Crippen molar-refractivity contribution in [3.05, 3.63) is 40.7 Å². The Balaban J connectivity index is 2.94. The van der Waals surface area contributed by atoms with Gasteiger partial charge >= 0.3 is 5.97 Å². The predicted octanol–water partition coefficient (Wildman–Crippen LogP) is 2.09. The molecule has 0 aliphatic carbocycles. The first-order valence-electron chi connectivity index (χ1n) is 7.29. The Kier molecular flexibility index (Phi) is 5.13. The number of allylic oxidation sites excluding steroid dienone is 1. The highest BCUT2D eigenvalue weighted by Crippen LogP contribution is 2.36. The molecule has 0 aliphatic rings. The van der Waals surface area contributed by atoms with E-state index < -0.39 is 22.8 Å². The van der Waals surface area contributed by atoms with Gasteiger partial charge in [-0.05, 0) is 13.0 Å². The summed E-state index contributed by atoms with van der Waals surface area (Å²) in [6.07, 6.45) is 1.52. The monoisotopic (exact) mass is 333 g/mol. The summed E-state index contributed by atoms with van der Waals surface area (Å²) < 4.78 is 16.6. The third-order valence-corrected chi connectivity index (χ3v) is 3.53. The molecule has 0 saturated carbocycles. The molecule has 0 saturated heterocycles. The summed E-state index contributed by atoms with van der Waals surface area (Å²) in [5.41, 5.74) is -0.688. The summed E-state index contributed by atoms with van der Waals surface area (Å²) in [6.45, 7) is 5.47. The normalized spacial score (nSPS) is 10.5. The van der Waals surface area contributed by atoms with Gasteiger partial charge in [-0.1, -0.05) is 6.08 Å². The lowest BCUT2D eigenvalue weighted by molar-refractivity contribution is 0.0520. The third kappa shape index (κ3) is 2.80. The first-order valence-corrected chi connectivity index (χ1v) is 7.29. The Hall–Kier alpha value is -2.96. The lowest BCUT2D eigenvalue weighted by atomic mass is 10.1. The minimum atomic E-state index is -0.880. The fraction of sp³-hybridized carbons (Fsp3) is 0.294. The van der Waals surface area contributed by atoms with Crippen molar-refractivity contribution < 1.29 is 24.1 Å². The van der Waals surface area contributed by atoms with E-state index in [2.05, 4.69) is 6.58 Å².